The van der Waals surface area contributed by atoms with Crippen LogP contribution in [-0.2, 0) is 28.7 Å². The van der Waals surface area contributed by atoms with Crippen LogP contribution >= 0.6 is 0 Å². The molecule has 1 N–H and O–H groups in total. The van der Waals surface area contributed by atoms with Crippen molar-refractivity contribution in [1.82, 2.24) is 0 Å². The molecule has 0 rings (SSSR count). The first-order chi connectivity index (χ1) is 14.4. The molecule has 0 heterocycles. The molecule has 0 amide bonds. The van der Waals surface area contributed by atoms with Crippen LogP contribution in [0.15, 0.2) is 11.6 Å². The zero-order valence-electron chi connectivity index (χ0n) is 20.2. The molecule has 0 radical (unpaired) electrons. The van der Waals surface area contributed by atoms with Gasteiger partial charge in [-0.3, -0.25) is 19.2 Å². The van der Waals surface area contributed by atoms with Crippen LogP contribution in [0.1, 0.15) is 80.6 Å². The number of Topliss-reactive ketones (excluding diaryl/α,β-unsaturated/α-hetero) is 2. The van der Waals surface area contributed by atoms with E-state index >= 15 is 0 Å². The SMILES string of the molecule is CCOC(=O)C(C(C)=O)C(CCC=C(C)CCCC(C)(C)O)C(C(C)=O)C(=O)OCC. The van der Waals surface area contributed by atoms with Crippen molar-refractivity contribution in [3.63, 3.8) is 0 Å². The zero-order chi connectivity index (χ0) is 24.2. The number of ketones is 2. The van der Waals surface area contributed by atoms with Crippen LogP contribution in [-0.4, -0.2) is 47.4 Å². The van der Waals surface area contributed by atoms with Crippen LogP contribution < -0.4 is 0 Å². The Kier molecular flexibility index (Phi) is 13.2. The van der Waals surface area contributed by atoms with E-state index in [2.05, 4.69) is 0 Å². The minimum Gasteiger partial charge on any atom is -0.465 e. The van der Waals surface area contributed by atoms with Gasteiger partial charge in [0.05, 0.1) is 18.8 Å². The van der Waals surface area contributed by atoms with Crippen LogP contribution in [0.3, 0.4) is 0 Å². The van der Waals surface area contributed by atoms with Crippen molar-refractivity contribution in [3.05, 3.63) is 11.6 Å². The van der Waals surface area contributed by atoms with Gasteiger partial charge < -0.3 is 14.6 Å². The maximum absolute atomic E-state index is 12.5. The highest BCUT2D eigenvalue weighted by atomic mass is 16.5. The smallest absolute Gasteiger partial charge is 0.316 e. The van der Waals surface area contributed by atoms with Gasteiger partial charge in [-0.1, -0.05) is 11.6 Å². The van der Waals surface area contributed by atoms with Gasteiger partial charge in [-0.25, -0.2) is 0 Å². The largest absolute Gasteiger partial charge is 0.465 e. The lowest BCUT2D eigenvalue weighted by Gasteiger charge is -2.28. The maximum Gasteiger partial charge on any atom is 0.316 e. The molecule has 7 nitrogen and oxygen atoms in total. The summed E-state index contributed by atoms with van der Waals surface area (Å²) in [4.78, 5) is 49.7. The molecule has 0 aromatic rings. The summed E-state index contributed by atoms with van der Waals surface area (Å²) in [5.74, 6) is -5.57. The monoisotopic (exact) mass is 440 g/mol. The minimum atomic E-state index is -1.21. The van der Waals surface area contributed by atoms with Gasteiger partial charge in [0.1, 0.15) is 23.4 Å². The Morgan fingerprint density at radius 2 is 1.35 bits per heavy atom. The van der Waals surface area contributed by atoms with E-state index in [1.54, 1.807) is 27.7 Å². The molecule has 0 bridgehead atoms. The molecule has 2 atom stereocenters. The first-order valence-corrected chi connectivity index (χ1v) is 11.1. The number of esters is 2. The highest BCUT2D eigenvalue weighted by molar-refractivity contribution is 6.02. The molecule has 0 aliphatic rings. The Morgan fingerprint density at radius 1 is 0.903 bits per heavy atom. The standard InChI is InChI=1S/C24H40O7/c1-8-30-22(27)20(17(4)25)19(21(18(5)26)23(28)31-9-2)14-10-12-16(3)13-11-15-24(6,7)29/h12,19-21,29H,8-11,13-15H2,1-7H3. The van der Waals surface area contributed by atoms with Crippen LogP contribution in [0, 0.1) is 17.8 Å². The number of allylic oxidation sites excluding steroid dienone is 2. The molecular weight excluding hydrogens is 400 g/mol. The van der Waals surface area contributed by atoms with Gasteiger partial charge in [-0.15, -0.1) is 0 Å². The van der Waals surface area contributed by atoms with Crippen molar-refractivity contribution in [2.24, 2.45) is 17.8 Å². The molecule has 2 unspecified atom stereocenters. The van der Waals surface area contributed by atoms with E-state index in [1.807, 2.05) is 13.0 Å². The lowest BCUT2D eigenvalue weighted by Crippen LogP contribution is -2.42. The van der Waals surface area contributed by atoms with E-state index in [9.17, 15) is 24.3 Å². The number of hydrogen-bond acceptors (Lipinski definition) is 7. The van der Waals surface area contributed by atoms with E-state index in [0.29, 0.717) is 12.8 Å². The number of hydrogen-bond donors (Lipinski definition) is 1. The molecule has 0 saturated carbocycles. The summed E-state index contributed by atoms with van der Waals surface area (Å²) in [5, 5.41) is 9.83. The predicted molar refractivity (Wildman–Crippen MR) is 118 cm³/mol. The number of rotatable bonds is 15. The van der Waals surface area contributed by atoms with Crippen molar-refractivity contribution in [2.75, 3.05) is 13.2 Å². The quantitative estimate of drug-likeness (QED) is 0.234. The van der Waals surface area contributed by atoms with Gasteiger partial charge in [0.25, 0.3) is 0 Å². The third-order valence-electron chi connectivity index (χ3n) is 5.17. The fraction of sp³-hybridized carbons (Fsp3) is 0.750. The second kappa shape index (κ2) is 14.1. The first-order valence-electron chi connectivity index (χ1n) is 11.1. The van der Waals surface area contributed by atoms with Crippen molar-refractivity contribution in [3.8, 4) is 0 Å². The second-order valence-corrected chi connectivity index (χ2v) is 8.64. The second-order valence-electron chi connectivity index (χ2n) is 8.64. The molecule has 0 fully saturated rings. The van der Waals surface area contributed by atoms with Crippen LogP contribution in [0.2, 0.25) is 0 Å². The molecule has 178 valence electrons. The third-order valence-corrected chi connectivity index (χ3v) is 5.17. The number of ether oxygens (including phenoxy) is 2. The first kappa shape index (κ1) is 29.0. The van der Waals surface area contributed by atoms with Crippen molar-refractivity contribution in [2.45, 2.75) is 86.2 Å². The van der Waals surface area contributed by atoms with E-state index in [4.69, 9.17) is 9.47 Å². The summed E-state index contributed by atoms with van der Waals surface area (Å²) in [6, 6.07) is 0. The van der Waals surface area contributed by atoms with Crippen LogP contribution in [0.5, 0.6) is 0 Å². The van der Waals surface area contributed by atoms with Gasteiger partial charge in [-0.2, -0.15) is 0 Å². The Morgan fingerprint density at radius 3 is 1.71 bits per heavy atom. The highest BCUT2D eigenvalue weighted by Crippen LogP contribution is 2.31. The molecule has 7 heteroatoms. The summed E-state index contributed by atoms with van der Waals surface area (Å²) in [7, 11) is 0. The number of aliphatic hydroxyl groups is 1. The average Bonchev–Trinajstić information content (AvgIpc) is 2.60. The van der Waals surface area contributed by atoms with Gasteiger partial charge in [0.15, 0.2) is 0 Å². The molecular formula is C24H40O7. The molecule has 0 aliphatic heterocycles. The Hall–Kier alpha value is -2.02. The maximum atomic E-state index is 12.5. The molecule has 0 aliphatic carbocycles. The topological polar surface area (TPSA) is 107 Å². The summed E-state index contributed by atoms with van der Waals surface area (Å²) in [5.41, 5.74) is 0.391. The predicted octanol–water partition coefficient (Wildman–Crippen LogP) is 3.81. The molecule has 0 aromatic carbocycles. The van der Waals surface area contributed by atoms with Gasteiger partial charge in [-0.05, 0) is 86.5 Å². The van der Waals surface area contributed by atoms with E-state index in [-0.39, 0.29) is 19.6 Å². The zero-order valence-corrected chi connectivity index (χ0v) is 20.2. The summed E-state index contributed by atoms with van der Waals surface area (Å²) in [6.45, 7) is 11.5. The van der Waals surface area contributed by atoms with Crippen LogP contribution in [0.4, 0.5) is 0 Å². The fourth-order valence-electron chi connectivity index (χ4n) is 3.70. The lowest BCUT2D eigenvalue weighted by atomic mass is 9.75. The lowest BCUT2D eigenvalue weighted by molar-refractivity contribution is -0.160. The molecule has 0 spiro atoms. The number of carbonyl (C=O) groups excluding carboxylic acids is 4. The van der Waals surface area contributed by atoms with Crippen molar-refractivity contribution in [1.29, 1.82) is 0 Å². The molecule has 0 saturated heterocycles. The molecule has 0 aromatic heterocycles. The van der Waals surface area contributed by atoms with E-state index in [1.165, 1.54) is 13.8 Å². The summed E-state index contributed by atoms with van der Waals surface area (Å²) < 4.78 is 10.1. The summed E-state index contributed by atoms with van der Waals surface area (Å²) in [6.07, 6.45) is 5.07. The van der Waals surface area contributed by atoms with Crippen molar-refractivity contribution >= 4 is 23.5 Å². The third kappa shape index (κ3) is 11.2. The van der Waals surface area contributed by atoms with Gasteiger partial charge in [0.2, 0.25) is 0 Å². The van der Waals surface area contributed by atoms with E-state index < -0.39 is 46.9 Å². The number of carbonyl (C=O) groups is 4. The van der Waals surface area contributed by atoms with E-state index in [0.717, 1.165) is 18.4 Å². The highest BCUT2D eigenvalue weighted by Gasteiger charge is 2.43. The minimum absolute atomic E-state index is 0.0969. The van der Waals surface area contributed by atoms with Crippen molar-refractivity contribution < 1.29 is 33.8 Å². The Labute approximate surface area is 186 Å². The fourth-order valence-corrected chi connectivity index (χ4v) is 3.70. The normalized spacial score (nSPS) is 15.0. The van der Waals surface area contributed by atoms with Gasteiger partial charge >= 0.3 is 11.9 Å². The average molecular weight is 441 g/mol. The van der Waals surface area contributed by atoms with Gasteiger partial charge in [0, 0.05) is 0 Å². The Bertz CT molecular complexity index is 607. The molecule has 31 heavy (non-hydrogen) atoms. The Balaban J connectivity index is 5.63. The van der Waals surface area contributed by atoms with Crippen LogP contribution in [0.25, 0.3) is 0 Å². The summed E-state index contributed by atoms with van der Waals surface area (Å²) >= 11 is 0.